The van der Waals surface area contributed by atoms with Crippen LogP contribution in [0.3, 0.4) is 0 Å². The summed E-state index contributed by atoms with van der Waals surface area (Å²) in [6.45, 7) is 1.57. The van der Waals surface area contributed by atoms with E-state index >= 15 is 0 Å². The summed E-state index contributed by atoms with van der Waals surface area (Å²) in [7, 11) is 0. The second kappa shape index (κ2) is 7.84. The number of benzene rings is 1. The van der Waals surface area contributed by atoms with E-state index in [4.69, 9.17) is 5.11 Å². The Bertz CT molecular complexity index is 497. The van der Waals surface area contributed by atoms with Crippen LogP contribution in [0.2, 0.25) is 0 Å². The summed E-state index contributed by atoms with van der Waals surface area (Å²) in [4.78, 5) is 22.5. The van der Waals surface area contributed by atoms with E-state index in [0.717, 1.165) is 12.1 Å². The summed E-state index contributed by atoms with van der Waals surface area (Å²) >= 11 is 1.23. The normalized spacial score (nSPS) is 11.9. The fourth-order valence-electron chi connectivity index (χ4n) is 1.27. The average Bonchev–Trinajstić information content (AvgIpc) is 2.40. The van der Waals surface area contributed by atoms with Crippen molar-refractivity contribution in [2.24, 2.45) is 5.92 Å². The Kier molecular flexibility index (Phi) is 6.44. The van der Waals surface area contributed by atoms with Gasteiger partial charge in [0.05, 0.1) is 5.92 Å². The summed E-state index contributed by atoms with van der Waals surface area (Å²) in [5, 5.41) is 11.1. The van der Waals surface area contributed by atoms with Crippen LogP contribution in [0, 0.1) is 17.6 Å². The maximum atomic E-state index is 12.9. The Morgan fingerprint density at radius 2 is 2.05 bits per heavy atom. The van der Waals surface area contributed by atoms with Gasteiger partial charge < -0.3 is 10.4 Å². The van der Waals surface area contributed by atoms with E-state index in [9.17, 15) is 18.4 Å². The number of carbonyl (C=O) groups excluding carboxylic acids is 1. The fraction of sp³-hybridized carbons (Fsp3) is 0.385. The van der Waals surface area contributed by atoms with Crippen molar-refractivity contribution in [3.8, 4) is 0 Å². The molecule has 7 heteroatoms. The van der Waals surface area contributed by atoms with Gasteiger partial charge in [-0.25, -0.2) is 8.78 Å². The lowest BCUT2D eigenvalue weighted by Gasteiger charge is -2.08. The van der Waals surface area contributed by atoms with Crippen LogP contribution >= 0.6 is 11.8 Å². The van der Waals surface area contributed by atoms with Crippen molar-refractivity contribution in [3.63, 3.8) is 0 Å². The molecule has 1 aromatic carbocycles. The molecule has 0 heterocycles. The molecule has 20 heavy (non-hydrogen) atoms. The highest BCUT2D eigenvalue weighted by atomic mass is 32.2. The number of amides is 1. The Hall–Kier alpha value is -1.63. The molecule has 0 aliphatic rings. The zero-order chi connectivity index (χ0) is 15.1. The highest BCUT2D eigenvalue weighted by Crippen LogP contribution is 2.20. The summed E-state index contributed by atoms with van der Waals surface area (Å²) in [5.74, 6) is -3.31. The zero-order valence-corrected chi connectivity index (χ0v) is 11.7. The number of aliphatic carboxylic acids is 1. The van der Waals surface area contributed by atoms with E-state index in [1.165, 1.54) is 24.8 Å². The molecule has 0 fully saturated rings. The zero-order valence-electron chi connectivity index (χ0n) is 10.9. The molecule has 0 saturated heterocycles. The van der Waals surface area contributed by atoms with Crippen molar-refractivity contribution in [1.82, 2.24) is 5.32 Å². The molecule has 2 N–H and O–H groups in total. The highest BCUT2D eigenvalue weighted by molar-refractivity contribution is 7.99. The number of carboxylic acid groups (broad SMARTS) is 1. The third-order valence-corrected chi connectivity index (χ3v) is 3.51. The Balaban J connectivity index is 2.28. The van der Waals surface area contributed by atoms with Gasteiger partial charge in [-0.15, -0.1) is 11.8 Å². The number of carboxylic acids is 1. The van der Waals surface area contributed by atoms with E-state index < -0.39 is 23.5 Å². The van der Waals surface area contributed by atoms with E-state index in [0.29, 0.717) is 10.6 Å². The van der Waals surface area contributed by atoms with Crippen LogP contribution in [0.4, 0.5) is 8.78 Å². The van der Waals surface area contributed by atoms with Crippen LogP contribution in [-0.2, 0) is 9.59 Å². The second-order valence-corrected chi connectivity index (χ2v) is 5.39. The topological polar surface area (TPSA) is 66.4 Å². The largest absolute Gasteiger partial charge is 0.481 e. The minimum absolute atomic E-state index is 0.0734. The third-order valence-electron chi connectivity index (χ3n) is 2.52. The molecular formula is C13H15F2NO3S. The summed E-state index contributed by atoms with van der Waals surface area (Å²) < 4.78 is 25.6. The van der Waals surface area contributed by atoms with Gasteiger partial charge in [0, 0.05) is 23.6 Å². The first-order valence-electron chi connectivity index (χ1n) is 5.97. The molecule has 0 saturated carbocycles. The van der Waals surface area contributed by atoms with Crippen LogP contribution in [0.15, 0.2) is 23.1 Å². The number of nitrogens with one attached hydrogen (secondary N) is 1. The standard InChI is InChI=1S/C13H15F2NO3S/c1-8(13(18)19)7-16-12(17)4-5-20-9-2-3-10(14)11(15)6-9/h2-3,6,8H,4-5,7H2,1H3,(H,16,17)(H,18,19). The second-order valence-electron chi connectivity index (χ2n) is 4.22. The van der Waals surface area contributed by atoms with Gasteiger partial charge >= 0.3 is 5.97 Å². The molecule has 4 nitrogen and oxygen atoms in total. The first kappa shape index (κ1) is 16.4. The highest BCUT2D eigenvalue weighted by Gasteiger charge is 2.12. The molecule has 0 aromatic heterocycles. The number of halogens is 2. The molecule has 1 aromatic rings. The lowest BCUT2D eigenvalue weighted by Crippen LogP contribution is -2.31. The third kappa shape index (κ3) is 5.56. The van der Waals surface area contributed by atoms with Crippen molar-refractivity contribution in [3.05, 3.63) is 29.8 Å². The Labute approximate surface area is 119 Å². The van der Waals surface area contributed by atoms with Crippen molar-refractivity contribution < 1.29 is 23.5 Å². The number of carbonyl (C=O) groups is 2. The molecule has 1 amide bonds. The van der Waals surface area contributed by atoms with Gasteiger partial charge in [0.15, 0.2) is 11.6 Å². The van der Waals surface area contributed by atoms with E-state index in [1.807, 2.05) is 0 Å². The van der Waals surface area contributed by atoms with Gasteiger partial charge in [-0.1, -0.05) is 6.92 Å². The molecule has 0 radical (unpaired) electrons. The van der Waals surface area contributed by atoms with Gasteiger partial charge in [0.25, 0.3) is 0 Å². The van der Waals surface area contributed by atoms with E-state index in [2.05, 4.69) is 5.32 Å². The molecule has 0 bridgehead atoms. The predicted molar refractivity (Wildman–Crippen MR) is 71.5 cm³/mol. The molecule has 0 aliphatic carbocycles. The molecule has 110 valence electrons. The lowest BCUT2D eigenvalue weighted by molar-refractivity contribution is -0.141. The minimum atomic E-state index is -0.971. The predicted octanol–water partition coefficient (Wildman–Crippen LogP) is 2.28. The summed E-state index contributed by atoms with van der Waals surface area (Å²) in [6.07, 6.45) is 0.177. The molecule has 0 spiro atoms. The first-order chi connectivity index (χ1) is 9.40. The molecule has 1 atom stereocenters. The number of hydrogen-bond acceptors (Lipinski definition) is 3. The minimum Gasteiger partial charge on any atom is -0.481 e. The summed E-state index contributed by atoms with van der Waals surface area (Å²) in [6, 6.07) is 3.55. The van der Waals surface area contributed by atoms with Crippen LogP contribution in [0.5, 0.6) is 0 Å². The monoisotopic (exact) mass is 303 g/mol. The smallest absolute Gasteiger partial charge is 0.308 e. The molecule has 1 unspecified atom stereocenters. The van der Waals surface area contributed by atoms with Crippen LogP contribution < -0.4 is 5.32 Å². The van der Waals surface area contributed by atoms with Gasteiger partial charge in [0.1, 0.15) is 0 Å². The van der Waals surface area contributed by atoms with Crippen molar-refractivity contribution >= 4 is 23.6 Å². The van der Waals surface area contributed by atoms with Gasteiger partial charge in [0.2, 0.25) is 5.91 Å². The maximum absolute atomic E-state index is 12.9. The molecule has 0 aliphatic heterocycles. The lowest BCUT2D eigenvalue weighted by atomic mass is 10.2. The number of thioether (sulfide) groups is 1. The van der Waals surface area contributed by atoms with Crippen LogP contribution in [0.1, 0.15) is 13.3 Å². The van der Waals surface area contributed by atoms with Crippen molar-refractivity contribution in [1.29, 1.82) is 0 Å². The van der Waals surface area contributed by atoms with Gasteiger partial charge in [-0.2, -0.15) is 0 Å². The number of hydrogen-bond donors (Lipinski definition) is 2. The Morgan fingerprint density at radius 1 is 1.35 bits per heavy atom. The fourth-order valence-corrected chi connectivity index (χ4v) is 2.15. The first-order valence-corrected chi connectivity index (χ1v) is 6.96. The van der Waals surface area contributed by atoms with Crippen LogP contribution in [-0.4, -0.2) is 29.3 Å². The van der Waals surface area contributed by atoms with E-state index in [-0.39, 0.29) is 18.9 Å². The average molecular weight is 303 g/mol. The van der Waals surface area contributed by atoms with Gasteiger partial charge in [-0.05, 0) is 18.2 Å². The van der Waals surface area contributed by atoms with E-state index in [1.54, 1.807) is 0 Å². The molecular weight excluding hydrogens is 288 g/mol. The molecule has 1 rings (SSSR count). The Morgan fingerprint density at radius 3 is 2.65 bits per heavy atom. The van der Waals surface area contributed by atoms with Crippen molar-refractivity contribution in [2.75, 3.05) is 12.3 Å². The summed E-state index contributed by atoms with van der Waals surface area (Å²) in [5.41, 5.74) is 0. The maximum Gasteiger partial charge on any atom is 0.308 e. The van der Waals surface area contributed by atoms with Crippen LogP contribution in [0.25, 0.3) is 0 Å². The van der Waals surface area contributed by atoms with Gasteiger partial charge in [-0.3, -0.25) is 9.59 Å². The quantitative estimate of drug-likeness (QED) is 0.758. The SMILES string of the molecule is CC(CNC(=O)CCSc1ccc(F)c(F)c1)C(=O)O. The number of rotatable bonds is 7. The van der Waals surface area contributed by atoms with Crippen molar-refractivity contribution in [2.45, 2.75) is 18.2 Å².